The van der Waals surface area contributed by atoms with Gasteiger partial charge in [0.25, 0.3) is 0 Å². The van der Waals surface area contributed by atoms with Crippen molar-refractivity contribution in [2.75, 3.05) is 0 Å². The molecule has 0 N–H and O–H groups in total. The Balaban J connectivity index is 2.01. The highest BCUT2D eigenvalue weighted by Gasteiger charge is 2.58. The van der Waals surface area contributed by atoms with E-state index in [0.717, 1.165) is 26.0 Å². The predicted molar refractivity (Wildman–Crippen MR) is 168 cm³/mol. The molecule has 0 radical (unpaired) electrons. The fourth-order valence-corrected chi connectivity index (χ4v) is 8.62. The van der Waals surface area contributed by atoms with Crippen LogP contribution in [0.4, 0.5) is 13.2 Å². The average Bonchev–Trinajstić information content (AvgIpc) is 3.00. The lowest BCUT2D eigenvalue weighted by molar-refractivity contribution is -0.0678. The smallest absolute Gasteiger partial charge is 0.378 e. The van der Waals surface area contributed by atoms with Crippen molar-refractivity contribution in [1.82, 2.24) is 0 Å². The summed E-state index contributed by atoms with van der Waals surface area (Å²) in [5.41, 5.74) is -9.14. The summed E-state index contributed by atoms with van der Waals surface area (Å²) in [6.07, 6.45) is 0. The van der Waals surface area contributed by atoms with Crippen molar-refractivity contribution in [3.8, 4) is 0 Å². The molecule has 0 amide bonds. The van der Waals surface area contributed by atoms with Crippen LogP contribution in [0.1, 0.15) is 31.9 Å². The number of alkyl halides is 3. The van der Waals surface area contributed by atoms with E-state index in [0.29, 0.717) is 6.92 Å². The van der Waals surface area contributed by atoms with Crippen molar-refractivity contribution in [3.05, 3.63) is 125 Å². The molecule has 1 aliphatic carbocycles. The Hall–Kier alpha value is -3.91. The highest BCUT2D eigenvalue weighted by atomic mass is 32.2. The lowest BCUT2D eigenvalue weighted by Crippen LogP contribution is -2.48. The minimum absolute atomic E-state index is 0.130. The molecule has 3 aromatic rings. The zero-order valence-electron chi connectivity index (χ0n) is 25.8. The van der Waals surface area contributed by atoms with Crippen molar-refractivity contribution in [3.63, 3.8) is 0 Å². The lowest BCUT2D eigenvalue weighted by atomic mass is 9.79. The van der Waals surface area contributed by atoms with Crippen molar-refractivity contribution >= 4 is 40.5 Å². The molecule has 0 spiro atoms. The molecule has 0 saturated heterocycles. The first-order valence-electron chi connectivity index (χ1n) is 14.0. The van der Waals surface area contributed by atoms with E-state index in [1.54, 1.807) is 12.1 Å². The minimum atomic E-state index is -6.57. The molecule has 2 unspecified atom stereocenters. The van der Waals surface area contributed by atoms with E-state index in [1.807, 2.05) is 0 Å². The van der Waals surface area contributed by atoms with Crippen molar-refractivity contribution in [1.29, 1.82) is 0 Å². The molecule has 0 bridgehead atoms. The molecule has 0 fully saturated rings. The first-order chi connectivity index (χ1) is 22.6. The van der Waals surface area contributed by atoms with E-state index in [-0.39, 0.29) is 11.1 Å². The molecule has 12 nitrogen and oxygen atoms in total. The predicted octanol–water partition coefficient (Wildman–Crippen LogP) is 5.25. The number of hydrogen-bond donors (Lipinski definition) is 0. The molecular formula is C30H29F3O12S4. The lowest BCUT2D eigenvalue weighted by Gasteiger charge is -2.40. The maximum absolute atomic E-state index is 13.7. The van der Waals surface area contributed by atoms with Crippen LogP contribution < -0.4 is 0 Å². The van der Waals surface area contributed by atoms with Gasteiger partial charge in [-0.15, -0.1) is 0 Å². The molecule has 266 valence electrons. The largest absolute Gasteiger partial charge is 0.523 e. The van der Waals surface area contributed by atoms with Gasteiger partial charge in [-0.25, -0.2) is 4.18 Å². The third kappa shape index (κ3) is 8.82. The maximum atomic E-state index is 13.7. The van der Waals surface area contributed by atoms with Gasteiger partial charge in [0, 0.05) is 5.92 Å². The van der Waals surface area contributed by atoms with Crippen LogP contribution >= 0.6 is 0 Å². The third-order valence-corrected chi connectivity index (χ3v) is 11.9. The molecule has 19 heteroatoms. The van der Waals surface area contributed by atoms with Gasteiger partial charge in [0.2, 0.25) is 11.5 Å². The summed E-state index contributed by atoms with van der Waals surface area (Å²) in [7, 11) is -21.4. The molecule has 0 aromatic heterocycles. The van der Waals surface area contributed by atoms with Crippen LogP contribution in [0.3, 0.4) is 0 Å². The van der Waals surface area contributed by atoms with Crippen LogP contribution in [0, 0.1) is 5.92 Å². The molecule has 49 heavy (non-hydrogen) atoms. The second-order valence-corrected chi connectivity index (χ2v) is 17.1. The van der Waals surface area contributed by atoms with E-state index in [9.17, 15) is 46.8 Å². The summed E-state index contributed by atoms with van der Waals surface area (Å²) in [5, 5.41) is 0. The second-order valence-electron chi connectivity index (χ2n) is 10.9. The van der Waals surface area contributed by atoms with Crippen molar-refractivity contribution in [2.24, 2.45) is 5.92 Å². The maximum Gasteiger partial charge on any atom is 0.523 e. The number of halogens is 3. The topological polar surface area (TPSA) is 173 Å². The summed E-state index contributed by atoms with van der Waals surface area (Å²) in [4.78, 5) is -0.604. The normalized spacial score (nSPS) is 19.4. The van der Waals surface area contributed by atoms with Gasteiger partial charge >= 0.3 is 46.0 Å². The zero-order valence-corrected chi connectivity index (χ0v) is 29.1. The van der Waals surface area contributed by atoms with Gasteiger partial charge in [0.15, 0.2) is 11.4 Å². The highest BCUT2D eigenvalue weighted by Crippen LogP contribution is 2.49. The number of rotatable bonds is 13. The molecule has 0 heterocycles. The molecule has 0 saturated carbocycles. The van der Waals surface area contributed by atoms with E-state index < -0.39 is 96.8 Å². The van der Waals surface area contributed by atoms with Crippen molar-refractivity contribution < 1.29 is 63.6 Å². The van der Waals surface area contributed by atoms with Crippen LogP contribution in [-0.4, -0.2) is 44.8 Å². The standard InChI is InChI=1S/C30H29F3O12S4/c1-21-22(2)29(3,45-49(40,41)30(31,32)33)28(44-48(38,39)25-17-11-6-12-18-25)27(43-47(36,37)20-24-15-9-5-10-16-24)26(21)42-46(34,35)19-23-13-7-4-8-14-23/h4-18,22H,19-20H2,1-3H3. The monoisotopic (exact) mass is 766 g/mol. The van der Waals surface area contributed by atoms with Gasteiger partial charge in [-0.1, -0.05) is 85.8 Å². The van der Waals surface area contributed by atoms with Gasteiger partial charge in [0.1, 0.15) is 16.4 Å². The van der Waals surface area contributed by atoms with E-state index in [2.05, 4.69) is 4.18 Å². The quantitative estimate of drug-likeness (QED) is 0.164. The van der Waals surface area contributed by atoms with Crippen LogP contribution in [-0.2, 0) is 68.7 Å². The SMILES string of the molecule is CC1=C(OS(=O)(=O)Cc2ccccc2)C(OS(=O)(=O)Cc2ccccc2)=C(OS(=O)(=O)c2ccccc2)C(C)(OS(=O)(=O)C(F)(F)F)C1C. The van der Waals surface area contributed by atoms with E-state index >= 15 is 0 Å². The Bertz CT molecular complexity index is 2190. The third-order valence-electron chi connectivity index (χ3n) is 7.28. The molecule has 2 atom stereocenters. The van der Waals surface area contributed by atoms with Gasteiger partial charge in [-0.05, 0) is 42.7 Å². The minimum Gasteiger partial charge on any atom is -0.378 e. The first kappa shape index (κ1) is 37.9. The van der Waals surface area contributed by atoms with Gasteiger partial charge < -0.3 is 12.5 Å². The fourth-order valence-electron chi connectivity index (χ4n) is 4.61. The molecule has 4 rings (SSSR count). The summed E-state index contributed by atoms with van der Waals surface area (Å²) in [6, 6.07) is 20.8. The van der Waals surface area contributed by atoms with Crippen LogP contribution in [0.15, 0.2) is 119 Å². The Morgan fingerprint density at radius 1 is 0.653 bits per heavy atom. The Morgan fingerprint density at radius 3 is 1.49 bits per heavy atom. The van der Waals surface area contributed by atoms with Crippen LogP contribution in [0.5, 0.6) is 0 Å². The van der Waals surface area contributed by atoms with E-state index in [4.69, 9.17) is 12.5 Å². The molecule has 0 aliphatic heterocycles. The molecule has 1 aliphatic rings. The molecular weight excluding hydrogens is 738 g/mol. The van der Waals surface area contributed by atoms with Gasteiger partial charge in [0.05, 0.1) is 0 Å². The summed E-state index contributed by atoms with van der Waals surface area (Å²) >= 11 is 0. The Morgan fingerprint density at radius 2 is 1.06 bits per heavy atom. The van der Waals surface area contributed by atoms with Crippen molar-refractivity contribution in [2.45, 2.75) is 48.3 Å². The van der Waals surface area contributed by atoms with Gasteiger partial charge in [-0.3, -0.25) is 0 Å². The van der Waals surface area contributed by atoms with Gasteiger partial charge in [-0.2, -0.15) is 46.8 Å². The Labute approximate surface area is 282 Å². The zero-order chi connectivity index (χ0) is 36.5. The van der Waals surface area contributed by atoms with Crippen LogP contribution in [0.2, 0.25) is 0 Å². The Kier molecular flexibility index (Phi) is 10.7. The summed E-state index contributed by atoms with van der Waals surface area (Å²) in [5.74, 6) is -7.24. The van der Waals surface area contributed by atoms with Crippen LogP contribution in [0.25, 0.3) is 0 Å². The fraction of sp³-hybridized carbons (Fsp3) is 0.267. The first-order valence-corrected chi connectivity index (χ1v) is 19.9. The second kappa shape index (κ2) is 13.8. The number of benzene rings is 3. The highest BCUT2D eigenvalue weighted by molar-refractivity contribution is 7.88. The van der Waals surface area contributed by atoms with E-state index in [1.165, 1.54) is 66.7 Å². The summed E-state index contributed by atoms with van der Waals surface area (Å²) < 4.78 is 167. The summed E-state index contributed by atoms with van der Waals surface area (Å²) in [6.45, 7) is 2.82. The molecule has 3 aromatic carbocycles. The number of hydrogen-bond acceptors (Lipinski definition) is 12. The average molecular weight is 767 g/mol.